The van der Waals surface area contributed by atoms with Gasteiger partial charge in [-0.05, 0) is 0 Å². The molecule has 6 rings (SSSR count). The van der Waals surface area contributed by atoms with Crippen molar-refractivity contribution in [3.05, 3.63) is 129 Å². The number of hydrogen-bond acceptors (Lipinski definition) is 3. The molecule has 5 nitrogen and oxygen atoms in total. The summed E-state index contributed by atoms with van der Waals surface area (Å²) in [5, 5.41) is 33.4. The van der Waals surface area contributed by atoms with E-state index in [-0.39, 0.29) is 21.7 Å². The summed E-state index contributed by atoms with van der Waals surface area (Å²) in [5.41, 5.74) is 0.379. The van der Waals surface area contributed by atoms with Crippen LogP contribution in [0.15, 0.2) is 84.9 Å². The molecule has 1 heterocycles. The number of aromatic hydroxyl groups is 2. The van der Waals surface area contributed by atoms with Gasteiger partial charge < -0.3 is 5.11 Å². The number of fused-ring (bicyclic) bond motifs is 1. The van der Waals surface area contributed by atoms with Crippen LogP contribution < -0.4 is 5.11 Å². The van der Waals surface area contributed by atoms with Gasteiger partial charge in [0.2, 0.25) is 6.11 Å². The van der Waals surface area contributed by atoms with Gasteiger partial charge in [-0.15, -0.1) is 0 Å². The van der Waals surface area contributed by atoms with Gasteiger partial charge in [-0.1, -0.05) is 0 Å². The quantitative estimate of drug-likeness (QED) is 0.181. The van der Waals surface area contributed by atoms with Crippen molar-refractivity contribution in [2.45, 2.75) is 153 Å². The third kappa shape index (κ3) is 10.5. The summed E-state index contributed by atoms with van der Waals surface area (Å²) in [6.45, 7) is 22.3. The molecule has 2 fully saturated rings. The van der Waals surface area contributed by atoms with Gasteiger partial charge in [0.1, 0.15) is 0 Å². The first-order chi connectivity index (χ1) is 29.6. The van der Waals surface area contributed by atoms with Crippen LogP contribution in [0.1, 0.15) is 139 Å². The van der Waals surface area contributed by atoms with Gasteiger partial charge in [-0.3, -0.25) is 0 Å². The fourth-order valence-corrected chi connectivity index (χ4v) is 9.78. The molecule has 2 atom stereocenters. The molecular weight excluding hydrogens is 906 g/mol. The van der Waals surface area contributed by atoms with Crippen molar-refractivity contribution < 1.29 is 77.2 Å². The van der Waals surface area contributed by atoms with Gasteiger partial charge in [-0.25, -0.2) is 13.2 Å². The third-order valence-corrected chi connectivity index (χ3v) is 13.9. The minimum Gasteiger partial charge on any atom is -0.795 e. The predicted molar refractivity (Wildman–Crippen MR) is 229 cm³/mol. The second-order valence-corrected chi connectivity index (χ2v) is 21.2. The van der Waals surface area contributed by atoms with E-state index in [2.05, 4.69) is 162 Å². The Labute approximate surface area is 382 Å². The van der Waals surface area contributed by atoms with Crippen molar-refractivity contribution in [3.63, 3.8) is 0 Å². The first-order valence-electron chi connectivity index (χ1n) is 21.3. The standard InChI is InChI=1S/C46H58N2O2.C4F9O.Co/c1-43(2,3)35-25-31(41(49)37(27-35)45(7,8)33-19-13-11-14-20-33)29-47-39-23-17-18-24-40(39)48-30-32-26-36(44(4,5)6)28-38(42(32)50)46(9,10)34-21-15-12-16-22-34;5-1(2(6,7)8,3(9,10)11)4(12,13)14;/h11-16,19-22,25-30,39-40,49-50H,17-18,23-24H2,1-10H3;;/q;-1;+2. The van der Waals surface area contributed by atoms with Crippen LogP contribution in [0, 0.1) is 0 Å². The topological polar surface area (TPSA) is 69.5 Å². The van der Waals surface area contributed by atoms with Crippen LogP contribution in [0.2, 0.25) is 0 Å². The summed E-state index contributed by atoms with van der Waals surface area (Å²) in [6.07, 6.45) is -11.9. The van der Waals surface area contributed by atoms with E-state index < -0.39 is 24.1 Å². The summed E-state index contributed by atoms with van der Waals surface area (Å²) in [5.74, 6) is 0.703. The van der Waals surface area contributed by atoms with Crippen molar-refractivity contribution >= 4 is 12.4 Å². The number of alkyl halides is 9. The number of benzene rings is 4. The van der Waals surface area contributed by atoms with Crippen molar-refractivity contribution in [2.75, 3.05) is 0 Å². The molecule has 2 aliphatic rings. The van der Waals surface area contributed by atoms with E-state index in [1.807, 2.05) is 12.1 Å². The van der Waals surface area contributed by atoms with Gasteiger partial charge in [0, 0.05) is 0 Å². The van der Waals surface area contributed by atoms with E-state index in [1.165, 1.54) is 35.1 Å². The van der Waals surface area contributed by atoms with Crippen molar-refractivity contribution in [1.29, 1.82) is 0 Å². The van der Waals surface area contributed by atoms with Gasteiger partial charge in [0.25, 0.3) is 0 Å². The van der Waals surface area contributed by atoms with E-state index in [0.717, 1.165) is 50.2 Å². The molecular formula is C50H58CoF9N2O3+. The molecule has 2 N–H and O–H groups in total. The molecule has 1 aliphatic heterocycles. The Balaban J connectivity index is 0.000000489. The zero-order valence-corrected chi connectivity index (χ0v) is 39.2. The molecule has 1 saturated carbocycles. The Bertz CT molecular complexity index is 2210. The fraction of sp³-hybridized carbons (Fsp3) is 0.480. The number of halogens is 9. The van der Waals surface area contributed by atoms with Gasteiger partial charge in [0.15, 0.2) is 0 Å². The van der Waals surface area contributed by atoms with Crippen LogP contribution in [0.4, 0.5) is 39.5 Å². The Morgan fingerprint density at radius 2 is 0.846 bits per heavy atom. The van der Waals surface area contributed by atoms with Gasteiger partial charge in [-0.2, -0.15) is 26.3 Å². The smallest absolute Gasteiger partial charge is 0.436 e. The summed E-state index contributed by atoms with van der Waals surface area (Å²) in [4.78, 5) is 0. The normalized spacial score (nSPS) is 19.4. The Kier molecular flexibility index (Phi) is 14.3. The van der Waals surface area contributed by atoms with Crippen LogP contribution in [0.5, 0.6) is 11.5 Å². The predicted octanol–water partition coefficient (Wildman–Crippen LogP) is 11.9. The van der Waals surface area contributed by atoms with Crippen LogP contribution in [-0.4, -0.2) is 66.1 Å². The minimum absolute atomic E-state index is 0.0890. The number of nitrogens with zero attached hydrogens (tertiary/aromatic N) is 2. The molecule has 0 spiro atoms. The zero-order valence-electron chi connectivity index (χ0n) is 38.2. The van der Waals surface area contributed by atoms with Gasteiger partial charge in [0.05, 0.1) is 0 Å². The maximum Gasteiger partial charge on any atom is 0.436 e. The van der Waals surface area contributed by atoms with E-state index in [9.17, 15) is 54.8 Å². The summed E-state index contributed by atoms with van der Waals surface area (Å²) in [6, 6.07) is 30.4. The van der Waals surface area contributed by atoms with Crippen LogP contribution >= 0.6 is 0 Å². The molecule has 0 amide bonds. The minimum atomic E-state index is -7.08. The number of phenols is 2. The number of rotatable bonds is 7. The zero-order chi connectivity index (χ0) is 48.9. The first-order valence-corrected chi connectivity index (χ1v) is 22.2. The maximum absolute atomic E-state index is 12.1. The molecule has 15 heteroatoms. The molecule has 1 aliphatic carbocycles. The Morgan fingerprint density at radius 3 is 1.11 bits per heavy atom. The molecule has 0 aromatic heterocycles. The first kappa shape index (κ1) is 51.6. The third-order valence-electron chi connectivity index (χ3n) is 12.5. The van der Waals surface area contributed by atoms with Crippen molar-refractivity contribution in [2.24, 2.45) is 0 Å². The Morgan fingerprint density at radius 1 is 0.523 bits per heavy atom. The number of hydrogen-bond donors (Lipinski definition) is 2. The van der Waals surface area contributed by atoms with E-state index >= 15 is 0 Å². The number of phenolic OH excluding ortho intramolecular Hbond substituents is 2. The van der Waals surface area contributed by atoms with Crippen LogP contribution in [-0.2, 0) is 36.8 Å². The largest absolute Gasteiger partial charge is 0.795 e. The van der Waals surface area contributed by atoms with Crippen molar-refractivity contribution in [1.82, 2.24) is 0 Å². The molecule has 4 aromatic rings. The second-order valence-electron chi connectivity index (χ2n) is 20.0. The average Bonchev–Trinajstić information content (AvgIpc) is 3.54. The molecule has 357 valence electrons. The second kappa shape index (κ2) is 18.0. The van der Waals surface area contributed by atoms with Crippen molar-refractivity contribution in [3.8, 4) is 11.5 Å². The molecule has 2 unspecified atom stereocenters. The summed E-state index contributed by atoms with van der Waals surface area (Å²) < 4.78 is 108. The maximum atomic E-state index is 12.1. The molecule has 0 bridgehead atoms. The van der Waals surface area contributed by atoms with E-state index in [1.54, 1.807) is 0 Å². The Hall–Kier alpha value is -4.34. The van der Waals surface area contributed by atoms with E-state index in [0.29, 0.717) is 23.6 Å². The summed E-state index contributed by atoms with van der Waals surface area (Å²) in [7, 11) is 0. The SMILES string of the molecule is CC(C)(C)c1cc(C=[N+]2[Co][N+](=Cc3cc(C(C)(C)C)cc(C(C)(C)c4ccccc4)c3O)C3CCCCC32)c(O)c(C(C)(C)c2ccccc2)c1.[O-]C(F)(F)C(F)(C(F)(F)F)C(F)(F)F. The fourth-order valence-electron chi connectivity index (χ4n) is 8.15. The van der Waals surface area contributed by atoms with Crippen LogP contribution in [0.25, 0.3) is 0 Å². The average molecular weight is 965 g/mol. The summed E-state index contributed by atoms with van der Waals surface area (Å²) >= 11 is 1.07. The molecule has 4 aromatic carbocycles. The molecule has 1 saturated heterocycles. The monoisotopic (exact) mass is 964 g/mol. The van der Waals surface area contributed by atoms with Gasteiger partial charge >= 0.3 is 333 Å². The van der Waals surface area contributed by atoms with Crippen LogP contribution in [0.3, 0.4) is 0 Å². The molecule has 0 radical (unpaired) electrons. The molecule has 65 heavy (non-hydrogen) atoms. The van der Waals surface area contributed by atoms with E-state index in [4.69, 9.17) is 0 Å².